The minimum absolute atomic E-state index is 0.0189. The molecule has 2 fully saturated rings. The van der Waals surface area contributed by atoms with E-state index in [4.69, 9.17) is 0 Å². The minimum atomic E-state index is -2.20. The number of carbonyl (C=O) groups excluding carboxylic acids is 2. The van der Waals surface area contributed by atoms with Gasteiger partial charge in [-0.15, -0.1) is 0 Å². The van der Waals surface area contributed by atoms with Crippen molar-refractivity contribution >= 4 is 29.4 Å². The summed E-state index contributed by atoms with van der Waals surface area (Å²) in [5, 5.41) is 35.0. The van der Waals surface area contributed by atoms with Crippen molar-refractivity contribution in [1.29, 1.82) is 5.26 Å². The lowest BCUT2D eigenvalue weighted by molar-refractivity contribution is -0.155. The molecule has 10 nitrogen and oxygen atoms in total. The van der Waals surface area contributed by atoms with Crippen LogP contribution in [0.5, 0.6) is 0 Å². The summed E-state index contributed by atoms with van der Waals surface area (Å²) in [6.45, 7) is 0.210. The molecule has 10 heteroatoms. The third-order valence-corrected chi connectivity index (χ3v) is 6.41. The highest BCUT2D eigenvalue weighted by Crippen LogP contribution is 2.50. The molecule has 174 valence electrons. The van der Waals surface area contributed by atoms with Gasteiger partial charge >= 0.3 is 11.9 Å². The van der Waals surface area contributed by atoms with E-state index in [1.165, 1.54) is 6.07 Å². The molecule has 0 radical (unpaired) electrons. The van der Waals surface area contributed by atoms with Crippen molar-refractivity contribution in [1.82, 2.24) is 10.2 Å². The Bertz CT molecular complexity index is 1190. The maximum Gasteiger partial charge on any atom is 0.325 e. The topological polar surface area (TPSA) is 160 Å². The van der Waals surface area contributed by atoms with Crippen molar-refractivity contribution < 1.29 is 29.4 Å². The number of nitrogens with zero attached hydrogens (tertiary/aromatic N) is 2. The Morgan fingerprint density at radius 3 is 2.38 bits per heavy atom. The Labute approximate surface area is 194 Å². The molecule has 2 aromatic rings. The number of imide groups is 1. The largest absolute Gasteiger partial charge is 0.481 e. The predicted molar refractivity (Wildman–Crippen MR) is 118 cm³/mol. The summed E-state index contributed by atoms with van der Waals surface area (Å²) < 4.78 is 0. The summed E-state index contributed by atoms with van der Waals surface area (Å²) in [6, 6.07) is 16.5. The molecule has 34 heavy (non-hydrogen) atoms. The molecule has 4 atom stereocenters. The number of aliphatic carboxylic acids is 2. The van der Waals surface area contributed by atoms with Gasteiger partial charge < -0.3 is 15.5 Å². The summed E-state index contributed by atoms with van der Waals surface area (Å²) in [4.78, 5) is 51.9. The van der Waals surface area contributed by atoms with Crippen LogP contribution >= 0.6 is 0 Å². The number of nitriles is 1. The standard InChI is InChI=1S/C24H22N4O6/c25-13-14-6-4-5-9-16(14)20-18-19(24(27-20,23(33)34)12-17(29)30)22(32)28(21(18)31)11-10-26-15-7-2-1-3-8-15/h1-9,18-20,26-27H,10-12H2,(H,29,30)(H,33,34). The number of carbonyl (C=O) groups is 4. The second-order valence-corrected chi connectivity index (χ2v) is 8.29. The molecule has 2 saturated heterocycles. The van der Waals surface area contributed by atoms with Gasteiger partial charge in [0, 0.05) is 24.8 Å². The summed E-state index contributed by atoms with van der Waals surface area (Å²) in [7, 11) is 0. The highest BCUT2D eigenvalue weighted by Gasteiger charge is 2.69. The zero-order chi connectivity index (χ0) is 24.5. The second kappa shape index (κ2) is 8.96. The van der Waals surface area contributed by atoms with Crippen molar-refractivity contribution in [2.24, 2.45) is 11.8 Å². The van der Waals surface area contributed by atoms with Crippen molar-refractivity contribution in [3.63, 3.8) is 0 Å². The van der Waals surface area contributed by atoms with E-state index in [1.54, 1.807) is 18.2 Å². The molecule has 2 heterocycles. The Hall–Kier alpha value is -4.23. The van der Waals surface area contributed by atoms with Crippen LogP contribution in [0.15, 0.2) is 54.6 Å². The number of nitrogens with one attached hydrogen (secondary N) is 2. The highest BCUT2D eigenvalue weighted by molar-refractivity contribution is 6.10. The Morgan fingerprint density at radius 2 is 1.74 bits per heavy atom. The van der Waals surface area contributed by atoms with Crippen LogP contribution in [0.4, 0.5) is 5.69 Å². The van der Waals surface area contributed by atoms with E-state index in [0.29, 0.717) is 5.56 Å². The van der Waals surface area contributed by atoms with Gasteiger partial charge in [-0.3, -0.25) is 29.4 Å². The quantitative estimate of drug-likeness (QED) is 0.423. The van der Waals surface area contributed by atoms with Crippen LogP contribution in [0.2, 0.25) is 0 Å². The van der Waals surface area contributed by atoms with E-state index in [1.807, 2.05) is 36.4 Å². The fourth-order valence-corrected chi connectivity index (χ4v) is 4.96. The first-order valence-electron chi connectivity index (χ1n) is 10.7. The van der Waals surface area contributed by atoms with E-state index >= 15 is 0 Å². The van der Waals surface area contributed by atoms with Crippen LogP contribution in [0.3, 0.4) is 0 Å². The average Bonchev–Trinajstić information content (AvgIpc) is 3.29. The average molecular weight is 462 g/mol. The first kappa shape index (κ1) is 22.9. The molecule has 0 saturated carbocycles. The molecular weight excluding hydrogens is 440 g/mol. The van der Waals surface area contributed by atoms with Crippen LogP contribution in [-0.2, 0) is 19.2 Å². The number of carboxylic acid groups (broad SMARTS) is 2. The molecule has 4 N–H and O–H groups in total. The number of para-hydroxylation sites is 1. The molecule has 4 unspecified atom stereocenters. The van der Waals surface area contributed by atoms with Gasteiger partial charge in [-0.2, -0.15) is 5.26 Å². The molecule has 0 bridgehead atoms. The molecule has 0 aliphatic carbocycles. The number of benzene rings is 2. The van der Waals surface area contributed by atoms with Gasteiger partial charge in [0.15, 0.2) is 0 Å². The minimum Gasteiger partial charge on any atom is -0.481 e. The normalized spacial score (nSPS) is 25.6. The lowest BCUT2D eigenvalue weighted by atomic mass is 9.77. The van der Waals surface area contributed by atoms with Crippen LogP contribution in [0.25, 0.3) is 0 Å². The summed E-state index contributed by atoms with van der Waals surface area (Å²) in [5.74, 6) is -6.88. The van der Waals surface area contributed by atoms with E-state index in [-0.39, 0.29) is 18.7 Å². The second-order valence-electron chi connectivity index (χ2n) is 8.29. The fourth-order valence-electron chi connectivity index (χ4n) is 4.96. The van der Waals surface area contributed by atoms with Crippen molar-refractivity contribution in [2.45, 2.75) is 18.0 Å². The number of hydrogen-bond acceptors (Lipinski definition) is 7. The van der Waals surface area contributed by atoms with E-state index in [2.05, 4.69) is 10.6 Å². The SMILES string of the molecule is N#Cc1ccccc1C1NC(CC(=O)O)(C(=O)O)C2C(=O)N(CCNc3ccccc3)C(=O)C12. The zero-order valence-electron chi connectivity index (χ0n) is 18.0. The summed E-state index contributed by atoms with van der Waals surface area (Å²) in [6.07, 6.45) is -0.899. The Kier molecular flexibility index (Phi) is 6.04. The van der Waals surface area contributed by atoms with Crippen molar-refractivity contribution in [3.05, 3.63) is 65.7 Å². The number of carboxylic acids is 2. The van der Waals surface area contributed by atoms with Gasteiger partial charge in [-0.25, -0.2) is 0 Å². The first-order chi connectivity index (χ1) is 16.3. The molecular formula is C24H22N4O6. The first-order valence-corrected chi connectivity index (χ1v) is 10.7. The molecule has 4 rings (SSSR count). The smallest absolute Gasteiger partial charge is 0.325 e. The molecule has 2 amide bonds. The van der Waals surface area contributed by atoms with Crippen LogP contribution in [0, 0.1) is 23.2 Å². The van der Waals surface area contributed by atoms with Gasteiger partial charge in [-0.05, 0) is 23.8 Å². The number of amides is 2. The molecule has 2 aliphatic rings. The third-order valence-electron chi connectivity index (χ3n) is 6.41. The molecule has 0 spiro atoms. The predicted octanol–water partition coefficient (Wildman–Crippen LogP) is 1.21. The lowest BCUT2D eigenvalue weighted by Crippen LogP contribution is -2.57. The van der Waals surface area contributed by atoms with E-state index in [9.17, 15) is 34.7 Å². The maximum absolute atomic E-state index is 13.4. The highest BCUT2D eigenvalue weighted by atomic mass is 16.4. The van der Waals surface area contributed by atoms with Crippen molar-refractivity contribution in [3.8, 4) is 6.07 Å². The van der Waals surface area contributed by atoms with E-state index in [0.717, 1.165) is 10.6 Å². The number of hydrogen-bond donors (Lipinski definition) is 4. The number of anilines is 1. The van der Waals surface area contributed by atoms with Crippen LogP contribution in [-0.4, -0.2) is 57.5 Å². The Morgan fingerprint density at radius 1 is 1.06 bits per heavy atom. The Balaban J connectivity index is 1.70. The van der Waals surface area contributed by atoms with Gasteiger partial charge in [0.2, 0.25) is 11.8 Å². The lowest BCUT2D eigenvalue weighted by Gasteiger charge is -2.30. The zero-order valence-corrected chi connectivity index (χ0v) is 18.0. The summed E-state index contributed by atoms with van der Waals surface area (Å²) in [5.41, 5.74) is -0.855. The number of fused-ring (bicyclic) bond motifs is 1. The van der Waals surface area contributed by atoms with Gasteiger partial charge in [-0.1, -0.05) is 36.4 Å². The van der Waals surface area contributed by atoms with Crippen molar-refractivity contribution in [2.75, 3.05) is 18.4 Å². The van der Waals surface area contributed by atoms with Gasteiger partial charge in [0.05, 0.1) is 29.9 Å². The van der Waals surface area contributed by atoms with Crippen LogP contribution < -0.4 is 10.6 Å². The van der Waals surface area contributed by atoms with E-state index < -0.39 is 53.6 Å². The maximum atomic E-state index is 13.4. The monoisotopic (exact) mass is 462 g/mol. The third kappa shape index (κ3) is 3.76. The summed E-state index contributed by atoms with van der Waals surface area (Å²) >= 11 is 0. The molecule has 0 aromatic heterocycles. The van der Waals surface area contributed by atoms with Gasteiger partial charge in [0.1, 0.15) is 5.54 Å². The molecule has 2 aromatic carbocycles. The molecule has 2 aliphatic heterocycles. The number of likely N-dealkylation sites (tertiary alicyclic amines) is 1. The fraction of sp³-hybridized carbons (Fsp3) is 0.292. The van der Waals surface area contributed by atoms with Crippen LogP contribution in [0.1, 0.15) is 23.6 Å². The number of rotatable bonds is 8. The van der Waals surface area contributed by atoms with Gasteiger partial charge in [0.25, 0.3) is 0 Å².